The molecule has 0 saturated carbocycles. The SMILES string of the molecule is O=C(O)c1cc(N2CCCC(CO)C2)c2ccccc2n1. The fourth-order valence-electron chi connectivity index (χ4n) is 2.96. The molecule has 1 aromatic heterocycles. The molecule has 1 aromatic carbocycles. The van der Waals surface area contributed by atoms with E-state index in [0.29, 0.717) is 5.52 Å². The summed E-state index contributed by atoms with van der Waals surface area (Å²) < 4.78 is 0. The van der Waals surface area contributed by atoms with Gasteiger partial charge in [-0.2, -0.15) is 0 Å². The van der Waals surface area contributed by atoms with Crippen LogP contribution in [0.5, 0.6) is 0 Å². The first-order valence-electron chi connectivity index (χ1n) is 7.18. The van der Waals surface area contributed by atoms with Gasteiger partial charge in [-0.25, -0.2) is 9.78 Å². The zero-order chi connectivity index (χ0) is 14.8. The number of aliphatic hydroxyl groups is 1. The highest BCUT2D eigenvalue weighted by molar-refractivity contribution is 5.97. The molecule has 110 valence electrons. The van der Waals surface area contributed by atoms with E-state index in [1.54, 1.807) is 6.07 Å². The zero-order valence-corrected chi connectivity index (χ0v) is 11.7. The Morgan fingerprint density at radius 2 is 2.19 bits per heavy atom. The molecule has 0 bridgehead atoms. The predicted molar refractivity (Wildman–Crippen MR) is 80.7 cm³/mol. The number of carboxylic acids is 1. The highest BCUT2D eigenvalue weighted by atomic mass is 16.4. The molecule has 1 atom stereocenters. The number of hydrogen-bond acceptors (Lipinski definition) is 4. The number of fused-ring (bicyclic) bond motifs is 1. The number of pyridine rings is 1. The summed E-state index contributed by atoms with van der Waals surface area (Å²) in [5, 5.41) is 19.6. The minimum atomic E-state index is -1.02. The molecule has 0 spiro atoms. The third-order valence-corrected chi connectivity index (χ3v) is 4.03. The molecule has 5 heteroatoms. The zero-order valence-electron chi connectivity index (χ0n) is 11.7. The summed E-state index contributed by atoms with van der Waals surface area (Å²) in [7, 11) is 0. The van der Waals surface area contributed by atoms with Crippen LogP contribution in [0.3, 0.4) is 0 Å². The lowest BCUT2D eigenvalue weighted by Crippen LogP contribution is -2.37. The van der Waals surface area contributed by atoms with Crippen molar-refractivity contribution in [3.05, 3.63) is 36.0 Å². The summed E-state index contributed by atoms with van der Waals surface area (Å²) in [5.41, 5.74) is 1.66. The molecule has 1 unspecified atom stereocenters. The van der Waals surface area contributed by atoms with Crippen LogP contribution in [-0.4, -0.2) is 40.9 Å². The van der Waals surface area contributed by atoms with Gasteiger partial charge in [0, 0.05) is 30.8 Å². The van der Waals surface area contributed by atoms with Gasteiger partial charge >= 0.3 is 5.97 Å². The molecular formula is C16H18N2O3. The van der Waals surface area contributed by atoms with Crippen molar-refractivity contribution in [3.63, 3.8) is 0 Å². The van der Waals surface area contributed by atoms with E-state index in [0.717, 1.165) is 37.0 Å². The number of aliphatic hydroxyl groups excluding tert-OH is 1. The van der Waals surface area contributed by atoms with Crippen LogP contribution < -0.4 is 4.90 Å². The molecule has 1 aliphatic heterocycles. The summed E-state index contributed by atoms with van der Waals surface area (Å²) in [6.45, 7) is 1.80. The Labute approximate surface area is 122 Å². The first-order chi connectivity index (χ1) is 10.2. The second-order valence-electron chi connectivity index (χ2n) is 5.49. The Morgan fingerprint density at radius 3 is 2.95 bits per heavy atom. The van der Waals surface area contributed by atoms with Gasteiger partial charge < -0.3 is 15.1 Å². The van der Waals surface area contributed by atoms with Crippen LogP contribution in [0.4, 0.5) is 5.69 Å². The molecule has 1 saturated heterocycles. The van der Waals surface area contributed by atoms with Gasteiger partial charge in [-0.3, -0.25) is 0 Å². The molecular weight excluding hydrogens is 268 g/mol. The van der Waals surface area contributed by atoms with E-state index in [9.17, 15) is 15.0 Å². The van der Waals surface area contributed by atoms with Crippen molar-refractivity contribution in [2.45, 2.75) is 12.8 Å². The lowest BCUT2D eigenvalue weighted by atomic mass is 9.98. The first-order valence-corrected chi connectivity index (χ1v) is 7.18. The Bertz CT molecular complexity index is 672. The Hall–Kier alpha value is -2.14. The van der Waals surface area contributed by atoms with Crippen molar-refractivity contribution in [1.29, 1.82) is 0 Å². The van der Waals surface area contributed by atoms with Crippen molar-refractivity contribution in [2.75, 3.05) is 24.6 Å². The van der Waals surface area contributed by atoms with Crippen molar-refractivity contribution < 1.29 is 15.0 Å². The van der Waals surface area contributed by atoms with Gasteiger partial charge in [-0.15, -0.1) is 0 Å². The average Bonchev–Trinajstić information content (AvgIpc) is 2.53. The smallest absolute Gasteiger partial charge is 0.354 e. The van der Waals surface area contributed by atoms with Gasteiger partial charge in [0.15, 0.2) is 5.69 Å². The molecule has 2 heterocycles. The standard InChI is InChI=1S/C16H18N2O3/c19-10-11-4-3-7-18(9-11)15-8-14(16(20)21)17-13-6-2-1-5-12(13)15/h1-2,5-6,8,11,19H,3-4,7,9-10H2,(H,20,21). The van der Waals surface area contributed by atoms with Crippen LogP contribution in [0.2, 0.25) is 0 Å². The van der Waals surface area contributed by atoms with Gasteiger partial charge in [0.05, 0.1) is 5.52 Å². The second kappa shape index (κ2) is 5.69. The van der Waals surface area contributed by atoms with E-state index >= 15 is 0 Å². The maximum atomic E-state index is 11.3. The number of rotatable bonds is 3. The highest BCUT2D eigenvalue weighted by Crippen LogP contribution is 2.30. The van der Waals surface area contributed by atoms with E-state index in [1.807, 2.05) is 24.3 Å². The molecule has 1 fully saturated rings. The molecule has 3 rings (SSSR count). The second-order valence-corrected chi connectivity index (χ2v) is 5.49. The predicted octanol–water partition coefficient (Wildman–Crippen LogP) is 2.14. The van der Waals surface area contributed by atoms with Gasteiger partial charge in [0.25, 0.3) is 0 Å². The Morgan fingerprint density at radius 1 is 1.38 bits per heavy atom. The van der Waals surface area contributed by atoms with E-state index in [2.05, 4.69) is 9.88 Å². The van der Waals surface area contributed by atoms with Crippen molar-refractivity contribution in [3.8, 4) is 0 Å². The number of benzene rings is 1. The maximum Gasteiger partial charge on any atom is 0.354 e. The molecule has 0 aliphatic carbocycles. The number of carboxylic acid groups (broad SMARTS) is 1. The van der Waals surface area contributed by atoms with Crippen LogP contribution in [0.1, 0.15) is 23.3 Å². The van der Waals surface area contributed by atoms with E-state index in [-0.39, 0.29) is 18.2 Å². The number of nitrogens with zero attached hydrogens (tertiary/aromatic N) is 2. The number of aromatic carboxylic acids is 1. The lowest BCUT2D eigenvalue weighted by Gasteiger charge is -2.34. The number of hydrogen-bond donors (Lipinski definition) is 2. The number of piperidine rings is 1. The monoisotopic (exact) mass is 286 g/mol. The molecule has 2 N–H and O–H groups in total. The Balaban J connectivity index is 2.09. The minimum Gasteiger partial charge on any atom is -0.477 e. The summed E-state index contributed by atoms with van der Waals surface area (Å²) in [6.07, 6.45) is 2.02. The fraction of sp³-hybridized carbons (Fsp3) is 0.375. The van der Waals surface area contributed by atoms with E-state index in [4.69, 9.17) is 0 Å². The third kappa shape index (κ3) is 2.69. The van der Waals surface area contributed by atoms with Gasteiger partial charge in [0.2, 0.25) is 0 Å². The molecule has 0 amide bonds. The summed E-state index contributed by atoms with van der Waals surface area (Å²) in [5.74, 6) is -0.767. The molecule has 21 heavy (non-hydrogen) atoms. The average molecular weight is 286 g/mol. The van der Waals surface area contributed by atoms with E-state index in [1.165, 1.54) is 0 Å². The highest BCUT2D eigenvalue weighted by Gasteiger charge is 2.22. The van der Waals surface area contributed by atoms with Crippen LogP contribution in [0.25, 0.3) is 10.9 Å². The lowest BCUT2D eigenvalue weighted by molar-refractivity contribution is 0.0691. The third-order valence-electron chi connectivity index (χ3n) is 4.03. The summed E-state index contributed by atoms with van der Waals surface area (Å²) in [4.78, 5) is 17.6. The van der Waals surface area contributed by atoms with Crippen molar-refractivity contribution in [2.24, 2.45) is 5.92 Å². The van der Waals surface area contributed by atoms with Gasteiger partial charge in [-0.05, 0) is 30.9 Å². The number of aromatic nitrogens is 1. The topological polar surface area (TPSA) is 73.7 Å². The quantitative estimate of drug-likeness (QED) is 0.904. The Kier molecular flexibility index (Phi) is 3.75. The number of carbonyl (C=O) groups is 1. The van der Waals surface area contributed by atoms with Gasteiger partial charge in [-0.1, -0.05) is 18.2 Å². The first kappa shape index (κ1) is 13.8. The summed E-state index contributed by atoms with van der Waals surface area (Å²) >= 11 is 0. The van der Waals surface area contributed by atoms with Crippen molar-refractivity contribution >= 4 is 22.6 Å². The number of anilines is 1. The fourth-order valence-corrected chi connectivity index (χ4v) is 2.96. The number of para-hydroxylation sites is 1. The van der Waals surface area contributed by atoms with Crippen LogP contribution in [-0.2, 0) is 0 Å². The summed E-state index contributed by atoms with van der Waals surface area (Å²) in [6, 6.07) is 9.23. The normalized spacial score (nSPS) is 18.9. The van der Waals surface area contributed by atoms with Crippen LogP contribution in [0, 0.1) is 5.92 Å². The molecule has 1 aliphatic rings. The largest absolute Gasteiger partial charge is 0.477 e. The molecule has 0 radical (unpaired) electrons. The van der Waals surface area contributed by atoms with E-state index < -0.39 is 5.97 Å². The molecule has 5 nitrogen and oxygen atoms in total. The maximum absolute atomic E-state index is 11.3. The van der Waals surface area contributed by atoms with Gasteiger partial charge in [0.1, 0.15) is 0 Å². The van der Waals surface area contributed by atoms with Crippen molar-refractivity contribution in [1.82, 2.24) is 4.98 Å². The minimum absolute atomic E-state index is 0.0646. The van der Waals surface area contributed by atoms with Crippen LogP contribution >= 0.6 is 0 Å². The molecule has 2 aromatic rings. The van der Waals surface area contributed by atoms with Crippen LogP contribution in [0.15, 0.2) is 30.3 Å².